The Balaban J connectivity index is 1.48. The number of nitrogens with zero attached hydrogens (tertiary/aromatic N) is 3. The molecule has 30 heavy (non-hydrogen) atoms. The minimum atomic E-state index is -4.27. The van der Waals surface area contributed by atoms with Gasteiger partial charge in [-0.1, -0.05) is 0 Å². The van der Waals surface area contributed by atoms with E-state index in [2.05, 4.69) is 15.0 Å². The molecule has 2 aromatic rings. The molecule has 0 spiro atoms. The number of H-pyrrole nitrogens is 1. The van der Waals surface area contributed by atoms with Gasteiger partial charge in [0.15, 0.2) is 17.5 Å². The van der Waals surface area contributed by atoms with Crippen molar-refractivity contribution in [3.63, 3.8) is 0 Å². The Bertz CT molecular complexity index is 982. The minimum Gasteiger partial charge on any atom is -0.387 e. The van der Waals surface area contributed by atoms with Gasteiger partial charge in [-0.15, -0.1) is 0 Å². The molecule has 1 saturated heterocycles. The molecule has 0 radical (unpaired) electrons. The van der Waals surface area contributed by atoms with Crippen molar-refractivity contribution in [1.29, 1.82) is 0 Å². The number of fused-ring (bicyclic) bond motifs is 1. The Morgan fingerprint density at radius 2 is 2.00 bits per heavy atom. The number of imidazole rings is 1. The van der Waals surface area contributed by atoms with Crippen molar-refractivity contribution in [1.82, 2.24) is 19.5 Å². The van der Waals surface area contributed by atoms with Gasteiger partial charge in [-0.05, 0) is 0 Å². The SMILES string of the molecule is Nc1nc2c(ncn2CCOCP(=O)(O)OC[C@H]2OC(O)[C@@H](O)[C@@H](O)[C@@H]2O)c(=O)[nH]1. The van der Waals surface area contributed by atoms with E-state index in [1.807, 2.05) is 0 Å². The fourth-order valence-corrected chi connectivity index (χ4v) is 3.59. The van der Waals surface area contributed by atoms with Crippen LogP contribution in [0.25, 0.3) is 11.2 Å². The Kier molecular flexibility index (Phi) is 6.86. The molecule has 2 unspecified atom stereocenters. The molecule has 3 rings (SSSR count). The van der Waals surface area contributed by atoms with Crippen LogP contribution in [0.1, 0.15) is 0 Å². The number of nitrogens with one attached hydrogen (secondary N) is 1. The van der Waals surface area contributed by atoms with Crippen LogP contribution in [0.3, 0.4) is 0 Å². The largest absolute Gasteiger partial charge is 0.387 e. The first-order valence-corrected chi connectivity index (χ1v) is 10.5. The van der Waals surface area contributed by atoms with Crippen LogP contribution >= 0.6 is 7.60 Å². The van der Waals surface area contributed by atoms with Gasteiger partial charge in [0.2, 0.25) is 5.95 Å². The highest BCUT2D eigenvalue weighted by molar-refractivity contribution is 7.52. The van der Waals surface area contributed by atoms with Gasteiger partial charge in [0.25, 0.3) is 5.56 Å². The van der Waals surface area contributed by atoms with Crippen LogP contribution in [-0.2, 0) is 25.1 Å². The third kappa shape index (κ3) is 5.03. The lowest BCUT2D eigenvalue weighted by Crippen LogP contribution is -2.58. The zero-order valence-corrected chi connectivity index (χ0v) is 16.3. The molecule has 0 saturated carbocycles. The van der Waals surface area contributed by atoms with Crippen molar-refractivity contribution in [2.24, 2.45) is 0 Å². The van der Waals surface area contributed by atoms with Gasteiger partial charge in [-0.3, -0.25) is 14.3 Å². The molecule has 8 N–H and O–H groups in total. The first-order chi connectivity index (χ1) is 14.1. The van der Waals surface area contributed by atoms with E-state index in [1.165, 1.54) is 10.9 Å². The molecule has 0 amide bonds. The highest BCUT2D eigenvalue weighted by atomic mass is 31.2. The van der Waals surface area contributed by atoms with Crippen LogP contribution in [0.4, 0.5) is 5.95 Å². The number of aromatic amines is 1. The number of hydrogen-bond acceptors (Lipinski definition) is 12. The molecule has 16 heteroatoms. The summed E-state index contributed by atoms with van der Waals surface area (Å²) in [7, 11) is -4.27. The molecule has 1 fully saturated rings. The number of aliphatic hydroxyl groups is 4. The van der Waals surface area contributed by atoms with Gasteiger partial charge in [-0.2, -0.15) is 4.98 Å². The summed E-state index contributed by atoms with van der Waals surface area (Å²) < 4.78 is 28.3. The second kappa shape index (κ2) is 9.05. The molecule has 3 heterocycles. The van der Waals surface area contributed by atoms with Gasteiger partial charge >= 0.3 is 7.60 Å². The Labute approximate surface area is 168 Å². The predicted molar refractivity (Wildman–Crippen MR) is 98.1 cm³/mol. The molecule has 6 atom stereocenters. The van der Waals surface area contributed by atoms with Crippen LogP contribution in [0.2, 0.25) is 0 Å². The summed E-state index contributed by atoms with van der Waals surface area (Å²) in [5.74, 6) is -0.0849. The summed E-state index contributed by atoms with van der Waals surface area (Å²) in [5, 5.41) is 38.2. The van der Waals surface area contributed by atoms with E-state index in [9.17, 15) is 34.7 Å². The van der Waals surface area contributed by atoms with E-state index in [-0.39, 0.29) is 30.3 Å². The summed E-state index contributed by atoms with van der Waals surface area (Å²) in [5.41, 5.74) is 5.31. The highest BCUT2D eigenvalue weighted by Gasteiger charge is 2.43. The monoisotopic (exact) mass is 451 g/mol. The number of hydrogen-bond donors (Lipinski definition) is 7. The van der Waals surface area contributed by atoms with Gasteiger partial charge in [0.1, 0.15) is 30.8 Å². The van der Waals surface area contributed by atoms with E-state index in [1.54, 1.807) is 0 Å². The van der Waals surface area contributed by atoms with E-state index in [0.29, 0.717) is 0 Å². The smallest absolute Gasteiger partial charge is 0.353 e. The number of nitrogens with two attached hydrogens (primary N) is 1. The first-order valence-electron chi connectivity index (χ1n) is 8.71. The second-order valence-corrected chi connectivity index (χ2v) is 8.36. The van der Waals surface area contributed by atoms with Crippen LogP contribution in [0, 0.1) is 0 Å². The molecular formula is C14H22N5O10P. The fraction of sp³-hybridized carbons (Fsp3) is 0.643. The zero-order chi connectivity index (χ0) is 22.1. The first kappa shape index (κ1) is 22.7. The van der Waals surface area contributed by atoms with Gasteiger partial charge in [0, 0.05) is 6.54 Å². The highest BCUT2D eigenvalue weighted by Crippen LogP contribution is 2.42. The number of anilines is 1. The summed E-state index contributed by atoms with van der Waals surface area (Å²) in [6, 6.07) is 0. The van der Waals surface area contributed by atoms with Crippen molar-refractivity contribution in [2.75, 3.05) is 25.3 Å². The molecule has 0 bridgehead atoms. The molecule has 168 valence electrons. The quantitative estimate of drug-likeness (QED) is 0.154. The normalized spacial score (nSPS) is 29.2. The van der Waals surface area contributed by atoms with E-state index < -0.39 is 56.8 Å². The molecule has 2 aromatic heterocycles. The maximum atomic E-state index is 12.1. The number of ether oxygens (including phenoxy) is 2. The Morgan fingerprint density at radius 1 is 1.27 bits per heavy atom. The third-order valence-electron chi connectivity index (χ3n) is 4.35. The number of rotatable bonds is 8. The summed E-state index contributed by atoms with van der Waals surface area (Å²) in [4.78, 5) is 31.7. The molecular weight excluding hydrogens is 429 g/mol. The maximum absolute atomic E-state index is 12.1. The Hall–Kier alpha value is -1.94. The van der Waals surface area contributed by atoms with Crippen molar-refractivity contribution in [3.05, 3.63) is 16.7 Å². The van der Waals surface area contributed by atoms with Gasteiger partial charge in [-0.25, -0.2) is 4.98 Å². The number of aromatic nitrogens is 4. The second-order valence-electron chi connectivity index (χ2n) is 6.57. The summed E-state index contributed by atoms with van der Waals surface area (Å²) in [6.45, 7) is -0.551. The number of nitrogen functional groups attached to an aromatic ring is 1. The minimum absolute atomic E-state index is 0.0556. The van der Waals surface area contributed by atoms with Crippen LogP contribution in [0.5, 0.6) is 0 Å². The summed E-state index contributed by atoms with van der Waals surface area (Å²) in [6.07, 6.45) is -7.56. The lowest BCUT2D eigenvalue weighted by Gasteiger charge is -2.38. The molecule has 0 aliphatic carbocycles. The molecule has 15 nitrogen and oxygen atoms in total. The molecule has 1 aliphatic heterocycles. The topological polar surface area (TPSA) is 235 Å². The van der Waals surface area contributed by atoms with Crippen LogP contribution in [0.15, 0.2) is 11.1 Å². The molecule has 0 aromatic carbocycles. The van der Waals surface area contributed by atoms with Crippen molar-refractivity contribution in [2.45, 2.75) is 37.3 Å². The third-order valence-corrected chi connectivity index (χ3v) is 5.41. The average molecular weight is 451 g/mol. The molecule has 1 aliphatic rings. The van der Waals surface area contributed by atoms with E-state index in [0.717, 1.165) is 0 Å². The fourth-order valence-electron chi connectivity index (χ4n) is 2.77. The lowest BCUT2D eigenvalue weighted by atomic mass is 10.00. The maximum Gasteiger partial charge on any atom is 0.353 e. The zero-order valence-electron chi connectivity index (χ0n) is 15.4. The summed E-state index contributed by atoms with van der Waals surface area (Å²) >= 11 is 0. The van der Waals surface area contributed by atoms with Crippen LogP contribution in [-0.4, -0.2) is 95.1 Å². The van der Waals surface area contributed by atoms with Crippen molar-refractivity contribution < 1.29 is 43.9 Å². The van der Waals surface area contributed by atoms with E-state index in [4.69, 9.17) is 19.7 Å². The van der Waals surface area contributed by atoms with E-state index >= 15 is 0 Å². The number of aliphatic hydroxyl groups excluding tert-OH is 4. The van der Waals surface area contributed by atoms with Crippen LogP contribution < -0.4 is 11.3 Å². The van der Waals surface area contributed by atoms with Crippen molar-refractivity contribution in [3.8, 4) is 0 Å². The van der Waals surface area contributed by atoms with Gasteiger partial charge < -0.3 is 49.6 Å². The Morgan fingerprint density at radius 3 is 2.73 bits per heavy atom. The van der Waals surface area contributed by atoms with Crippen molar-refractivity contribution >= 4 is 24.7 Å². The standard InChI is InChI=1S/C14H22N5O10P/c15-14-17-11-7(12(23)18-14)16-4-19(11)1-2-27-5-30(25,26)28-3-6-8(20)9(21)10(22)13(24)29-6/h4,6,8-10,13,20-22,24H,1-3,5H2,(H,25,26)(H3,15,17,18,23)/t6-,8-,9+,10+,13?/m1/s1. The average Bonchev–Trinajstić information content (AvgIpc) is 3.08. The lowest BCUT2D eigenvalue weighted by molar-refractivity contribution is -0.285. The predicted octanol–water partition coefficient (Wildman–Crippen LogP) is -3.32. The van der Waals surface area contributed by atoms with Gasteiger partial charge in [0.05, 0.1) is 19.5 Å².